The van der Waals surface area contributed by atoms with Crippen molar-refractivity contribution in [1.29, 1.82) is 0 Å². The van der Waals surface area contributed by atoms with Crippen LogP contribution >= 0.6 is 23.2 Å². The first kappa shape index (κ1) is 26.7. The Kier molecular flexibility index (Phi) is 8.68. The van der Waals surface area contributed by atoms with Crippen molar-refractivity contribution in [2.75, 3.05) is 0 Å². The van der Waals surface area contributed by atoms with E-state index >= 15 is 0 Å². The Morgan fingerprint density at radius 2 is 0.711 bits per heavy atom. The number of benzene rings is 6. The normalized spacial score (nSPS) is 11.3. The van der Waals surface area contributed by atoms with Crippen LogP contribution in [0.25, 0.3) is 21.5 Å². The first-order valence-electron chi connectivity index (χ1n) is 11.9. The van der Waals surface area contributed by atoms with Crippen molar-refractivity contribution in [2.24, 2.45) is 0 Å². The van der Waals surface area contributed by atoms with Crippen LogP contribution < -0.4 is 26.8 Å². The predicted molar refractivity (Wildman–Crippen MR) is 172 cm³/mol. The molecule has 0 heterocycles. The molecule has 0 aliphatic carbocycles. The number of hydrogen-bond acceptors (Lipinski definition) is 0. The van der Waals surface area contributed by atoms with Crippen LogP contribution in [0, 0.1) is 0 Å². The molecule has 0 atom stereocenters. The second kappa shape index (κ2) is 12.3. The summed E-state index contributed by atoms with van der Waals surface area (Å²) in [4.78, 5) is 0. The van der Waals surface area contributed by atoms with E-state index in [2.05, 4.69) is 97.1 Å². The van der Waals surface area contributed by atoms with Gasteiger partial charge in [-0.1, -0.05) is 0 Å². The third-order valence-corrected chi connectivity index (χ3v) is 18.1. The van der Waals surface area contributed by atoms with E-state index in [0.717, 1.165) is 10.0 Å². The van der Waals surface area contributed by atoms with Gasteiger partial charge in [0, 0.05) is 0 Å². The average Bonchev–Trinajstić information content (AvgIpc) is 2.94. The van der Waals surface area contributed by atoms with Crippen LogP contribution in [0.5, 0.6) is 0 Å². The fourth-order valence-corrected chi connectivity index (χ4v) is 16.5. The minimum atomic E-state index is 0.233. The first-order valence-corrected chi connectivity index (χ1v) is 22.1. The van der Waals surface area contributed by atoms with Gasteiger partial charge in [0.15, 0.2) is 0 Å². The molecule has 0 aliphatic rings. The van der Waals surface area contributed by atoms with Crippen molar-refractivity contribution >= 4 is 128 Å². The van der Waals surface area contributed by atoms with Crippen LogP contribution in [0.4, 0.5) is 0 Å². The van der Waals surface area contributed by atoms with E-state index in [4.69, 9.17) is 23.2 Å². The summed E-state index contributed by atoms with van der Waals surface area (Å²) in [5.41, 5.74) is 0. The van der Waals surface area contributed by atoms with E-state index in [-0.39, 0.29) is 29.9 Å². The Morgan fingerprint density at radius 1 is 0.368 bits per heavy atom. The second-order valence-corrected chi connectivity index (χ2v) is 20.2. The molecule has 186 valence electrons. The van der Waals surface area contributed by atoms with E-state index in [1.807, 2.05) is 24.3 Å². The van der Waals surface area contributed by atoms with Gasteiger partial charge in [0.25, 0.3) is 0 Å². The van der Waals surface area contributed by atoms with Gasteiger partial charge < -0.3 is 0 Å². The Bertz CT molecular complexity index is 1590. The topological polar surface area (TPSA) is 0 Å². The molecule has 6 heteroatoms. The molecule has 0 nitrogen and oxygen atoms in total. The van der Waals surface area contributed by atoms with Gasteiger partial charge in [-0.25, -0.2) is 0 Å². The van der Waals surface area contributed by atoms with Crippen molar-refractivity contribution in [3.63, 3.8) is 0 Å². The van der Waals surface area contributed by atoms with Crippen LogP contribution in [0.15, 0.2) is 121 Å². The van der Waals surface area contributed by atoms with Gasteiger partial charge in [-0.2, -0.15) is 0 Å². The standard InChI is InChI=1S/C32H20Cl2Se4/c33-23-13-17-25(18-14-23)35-27-9-1-5-21-7-3-11-29(31(21)27)37-38-30-12-4-8-22-6-2-10-28(32(22)30)36-26-19-15-24(34)16-20-26/h1-20H. The van der Waals surface area contributed by atoms with E-state index < -0.39 is 0 Å². The first-order chi connectivity index (χ1) is 18.6. The molecule has 0 saturated heterocycles. The maximum atomic E-state index is 6.15. The summed E-state index contributed by atoms with van der Waals surface area (Å²) in [6.07, 6.45) is 0. The molecule has 0 saturated carbocycles. The van der Waals surface area contributed by atoms with E-state index in [0.29, 0.717) is 26.3 Å². The monoisotopic (exact) mass is 794 g/mol. The van der Waals surface area contributed by atoms with E-state index in [1.165, 1.54) is 48.3 Å². The van der Waals surface area contributed by atoms with Crippen LogP contribution in [0.2, 0.25) is 10.0 Å². The second-order valence-electron chi connectivity index (χ2n) is 8.50. The van der Waals surface area contributed by atoms with Crippen molar-refractivity contribution in [1.82, 2.24) is 0 Å². The summed E-state index contributed by atoms with van der Waals surface area (Å²) >= 11 is 13.5. The zero-order valence-electron chi connectivity index (χ0n) is 19.9. The van der Waals surface area contributed by atoms with Crippen molar-refractivity contribution < 1.29 is 0 Å². The molecule has 6 aromatic rings. The van der Waals surface area contributed by atoms with Gasteiger partial charge in [-0.05, 0) is 0 Å². The van der Waals surface area contributed by atoms with Crippen LogP contribution in [0.3, 0.4) is 0 Å². The summed E-state index contributed by atoms with van der Waals surface area (Å²) < 4.78 is 8.64. The number of rotatable bonds is 7. The Labute approximate surface area is 256 Å². The van der Waals surface area contributed by atoms with Crippen LogP contribution in [-0.2, 0) is 0 Å². The molecule has 0 unspecified atom stereocenters. The quantitative estimate of drug-likeness (QED) is 0.216. The molecule has 0 radical (unpaired) electrons. The number of fused-ring (bicyclic) bond motifs is 2. The van der Waals surface area contributed by atoms with Crippen molar-refractivity contribution in [3.05, 3.63) is 131 Å². The Morgan fingerprint density at radius 3 is 1.08 bits per heavy atom. The zero-order valence-corrected chi connectivity index (χ0v) is 28.3. The summed E-state index contributed by atoms with van der Waals surface area (Å²) in [5.74, 6) is 0. The maximum absolute atomic E-state index is 6.15. The Balaban J connectivity index is 1.34. The van der Waals surface area contributed by atoms with Gasteiger partial charge in [0.2, 0.25) is 0 Å². The van der Waals surface area contributed by atoms with Crippen LogP contribution in [-0.4, -0.2) is 56.2 Å². The Hall–Kier alpha value is -1.50. The molecular formula is C32H20Cl2Se4. The van der Waals surface area contributed by atoms with Gasteiger partial charge in [-0.3, -0.25) is 0 Å². The molecule has 0 amide bonds. The molecule has 0 aliphatic heterocycles. The summed E-state index contributed by atoms with van der Waals surface area (Å²) in [7, 11) is 0. The summed E-state index contributed by atoms with van der Waals surface area (Å²) in [6, 6.07) is 43.9. The molecule has 0 aromatic heterocycles. The van der Waals surface area contributed by atoms with Crippen LogP contribution in [0.1, 0.15) is 0 Å². The third kappa shape index (κ3) is 6.13. The number of hydrogen-bond donors (Lipinski definition) is 0. The summed E-state index contributed by atoms with van der Waals surface area (Å²) in [5, 5.41) is 7.19. The van der Waals surface area contributed by atoms with Crippen molar-refractivity contribution in [2.45, 2.75) is 0 Å². The molecule has 6 aromatic carbocycles. The van der Waals surface area contributed by atoms with Gasteiger partial charge in [-0.15, -0.1) is 0 Å². The molecule has 38 heavy (non-hydrogen) atoms. The van der Waals surface area contributed by atoms with Gasteiger partial charge in [0.05, 0.1) is 0 Å². The van der Waals surface area contributed by atoms with E-state index in [1.54, 1.807) is 0 Å². The summed E-state index contributed by atoms with van der Waals surface area (Å²) in [6.45, 7) is 0. The fraction of sp³-hybridized carbons (Fsp3) is 0. The molecular weight excluding hydrogens is 771 g/mol. The molecule has 0 fully saturated rings. The van der Waals surface area contributed by atoms with Gasteiger partial charge >= 0.3 is 259 Å². The average molecular weight is 791 g/mol. The fourth-order valence-electron chi connectivity index (χ4n) is 4.20. The van der Waals surface area contributed by atoms with E-state index in [9.17, 15) is 0 Å². The zero-order chi connectivity index (χ0) is 25.9. The third-order valence-electron chi connectivity index (χ3n) is 5.96. The molecule has 0 N–H and O–H groups in total. The molecule has 6 rings (SSSR count). The van der Waals surface area contributed by atoms with Crippen molar-refractivity contribution in [3.8, 4) is 0 Å². The molecule has 0 bridgehead atoms. The minimum absolute atomic E-state index is 0.233. The number of halogens is 2. The predicted octanol–water partition coefficient (Wildman–Crippen LogP) is 3.88. The molecule has 0 spiro atoms. The SMILES string of the molecule is Clc1ccc([Se]c2cccc3cccc([Se][Se]c4cccc5cccc([Se]c6ccc(Cl)cc6)c45)c23)cc1. The van der Waals surface area contributed by atoms with Gasteiger partial charge in [0.1, 0.15) is 0 Å².